The number of unbranched alkanes of at least 4 members (excludes halogenated alkanes) is 1. The molecule has 2 atom stereocenters. The van der Waals surface area contributed by atoms with Gasteiger partial charge in [0.15, 0.2) is 0 Å². The third kappa shape index (κ3) is 5.84. The maximum absolute atomic E-state index is 11.5. The minimum absolute atomic E-state index is 0.132. The van der Waals surface area contributed by atoms with Gasteiger partial charge in [-0.2, -0.15) is 0 Å². The van der Waals surface area contributed by atoms with Crippen LogP contribution in [0.4, 0.5) is 0 Å². The molecule has 1 N–H and O–H groups in total. The summed E-state index contributed by atoms with van der Waals surface area (Å²) in [5.41, 5.74) is 0. The molecule has 1 saturated carbocycles. The van der Waals surface area contributed by atoms with Crippen molar-refractivity contribution in [2.24, 2.45) is 0 Å². The lowest BCUT2D eigenvalue weighted by Crippen LogP contribution is -2.39. The van der Waals surface area contributed by atoms with Gasteiger partial charge < -0.3 is 10.1 Å². The quantitative estimate of drug-likeness (QED) is 0.705. The van der Waals surface area contributed by atoms with E-state index in [2.05, 4.69) is 5.32 Å². The van der Waals surface area contributed by atoms with Crippen LogP contribution in [0.1, 0.15) is 38.5 Å². The Morgan fingerprint density at radius 2 is 2.06 bits per heavy atom. The van der Waals surface area contributed by atoms with E-state index in [9.17, 15) is 8.42 Å². The second kappa shape index (κ2) is 7.34. The van der Waals surface area contributed by atoms with Crippen LogP contribution < -0.4 is 5.32 Å². The largest absolute Gasteiger partial charge is 0.385 e. The van der Waals surface area contributed by atoms with E-state index in [4.69, 9.17) is 4.74 Å². The normalized spacial score (nSPS) is 26.0. The zero-order valence-corrected chi connectivity index (χ0v) is 11.8. The van der Waals surface area contributed by atoms with Gasteiger partial charge >= 0.3 is 0 Å². The summed E-state index contributed by atoms with van der Waals surface area (Å²) in [6, 6.07) is 0.381. The minimum atomic E-state index is -2.86. The van der Waals surface area contributed by atoms with E-state index in [1.165, 1.54) is 6.26 Å². The molecule has 0 bridgehead atoms. The Labute approximate surface area is 105 Å². The van der Waals surface area contributed by atoms with Crippen LogP contribution in [0.15, 0.2) is 0 Å². The standard InChI is InChI=1S/C12H25NO3S/c1-16-9-4-3-8-13-11-6-5-7-12(10-11)17(2,14)15/h11-13H,3-10H2,1-2H3. The van der Waals surface area contributed by atoms with E-state index in [-0.39, 0.29) is 5.25 Å². The summed E-state index contributed by atoms with van der Waals surface area (Å²) in [5.74, 6) is 0. The van der Waals surface area contributed by atoms with Crippen molar-refractivity contribution >= 4 is 9.84 Å². The first kappa shape index (κ1) is 14.9. The van der Waals surface area contributed by atoms with Gasteiger partial charge in [-0.05, 0) is 38.6 Å². The van der Waals surface area contributed by atoms with Gasteiger partial charge in [-0.15, -0.1) is 0 Å². The number of nitrogens with one attached hydrogen (secondary N) is 1. The fourth-order valence-corrected chi connectivity index (χ4v) is 3.57. The van der Waals surface area contributed by atoms with Crippen LogP contribution in [0.3, 0.4) is 0 Å². The Morgan fingerprint density at radius 1 is 1.29 bits per heavy atom. The molecule has 0 saturated heterocycles. The van der Waals surface area contributed by atoms with Crippen molar-refractivity contribution in [2.45, 2.75) is 49.8 Å². The third-order valence-corrected chi connectivity index (χ3v) is 5.08. The fourth-order valence-electron chi connectivity index (χ4n) is 2.40. The van der Waals surface area contributed by atoms with E-state index >= 15 is 0 Å². The molecule has 5 heteroatoms. The van der Waals surface area contributed by atoms with Gasteiger partial charge in [-0.25, -0.2) is 8.42 Å². The highest BCUT2D eigenvalue weighted by atomic mass is 32.2. The minimum Gasteiger partial charge on any atom is -0.385 e. The molecular weight excluding hydrogens is 238 g/mol. The van der Waals surface area contributed by atoms with E-state index in [1.807, 2.05) is 0 Å². The first-order valence-electron chi connectivity index (χ1n) is 6.45. The Hall–Kier alpha value is -0.130. The van der Waals surface area contributed by atoms with E-state index < -0.39 is 9.84 Å². The molecule has 102 valence electrons. The molecule has 0 amide bonds. The van der Waals surface area contributed by atoms with Gasteiger partial charge in [0.2, 0.25) is 0 Å². The second-order valence-corrected chi connectivity index (χ2v) is 7.29. The van der Waals surface area contributed by atoms with Crippen molar-refractivity contribution in [3.63, 3.8) is 0 Å². The molecule has 0 aromatic rings. The molecule has 0 heterocycles. The lowest BCUT2D eigenvalue weighted by molar-refractivity contribution is 0.192. The summed E-state index contributed by atoms with van der Waals surface area (Å²) in [5, 5.41) is 3.33. The predicted octanol–water partition coefficient (Wildman–Crippen LogP) is 1.36. The molecule has 1 aliphatic carbocycles. The average Bonchev–Trinajstić information content (AvgIpc) is 2.28. The number of methoxy groups -OCH3 is 1. The van der Waals surface area contributed by atoms with Crippen LogP contribution in [0, 0.1) is 0 Å². The lowest BCUT2D eigenvalue weighted by atomic mass is 9.95. The zero-order chi connectivity index (χ0) is 12.7. The van der Waals surface area contributed by atoms with E-state index in [0.29, 0.717) is 6.04 Å². The first-order valence-corrected chi connectivity index (χ1v) is 8.40. The molecule has 0 aromatic carbocycles. The Bertz CT molecular complexity index is 303. The number of hydrogen-bond donors (Lipinski definition) is 1. The first-order chi connectivity index (χ1) is 8.04. The Morgan fingerprint density at radius 3 is 2.71 bits per heavy atom. The summed E-state index contributed by atoms with van der Waals surface area (Å²) in [6.07, 6.45) is 7.26. The molecular formula is C12H25NO3S. The topological polar surface area (TPSA) is 55.4 Å². The molecule has 0 radical (unpaired) electrons. The van der Waals surface area contributed by atoms with Crippen LogP contribution >= 0.6 is 0 Å². The summed E-state index contributed by atoms with van der Waals surface area (Å²) >= 11 is 0. The van der Waals surface area contributed by atoms with Crippen molar-refractivity contribution in [3.8, 4) is 0 Å². The van der Waals surface area contributed by atoms with Gasteiger partial charge in [0.1, 0.15) is 9.84 Å². The molecule has 17 heavy (non-hydrogen) atoms. The summed E-state index contributed by atoms with van der Waals surface area (Å²) in [6.45, 7) is 1.77. The average molecular weight is 263 g/mol. The van der Waals surface area contributed by atoms with Crippen molar-refractivity contribution in [1.82, 2.24) is 5.32 Å². The van der Waals surface area contributed by atoms with Gasteiger partial charge in [-0.3, -0.25) is 0 Å². The SMILES string of the molecule is COCCCCNC1CCCC(S(C)(=O)=O)C1. The Kier molecular flexibility index (Phi) is 6.44. The number of ether oxygens (including phenoxy) is 1. The summed E-state index contributed by atoms with van der Waals surface area (Å²) in [4.78, 5) is 0. The highest BCUT2D eigenvalue weighted by Crippen LogP contribution is 2.23. The van der Waals surface area contributed by atoms with Crippen LogP contribution in [-0.4, -0.2) is 46.2 Å². The van der Waals surface area contributed by atoms with Crippen LogP contribution in [0.25, 0.3) is 0 Å². The smallest absolute Gasteiger partial charge is 0.150 e. The van der Waals surface area contributed by atoms with Crippen LogP contribution in [0.5, 0.6) is 0 Å². The van der Waals surface area contributed by atoms with Crippen molar-refractivity contribution in [2.75, 3.05) is 26.5 Å². The molecule has 4 nitrogen and oxygen atoms in total. The monoisotopic (exact) mass is 263 g/mol. The van der Waals surface area contributed by atoms with Gasteiger partial charge in [0.25, 0.3) is 0 Å². The maximum atomic E-state index is 11.5. The van der Waals surface area contributed by atoms with Crippen LogP contribution in [0.2, 0.25) is 0 Å². The van der Waals surface area contributed by atoms with E-state index in [0.717, 1.165) is 51.7 Å². The number of hydrogen-bond acceptors (Lipinski definition) is 4. The lowest BCUT2D eigenvalue weighted by Gasteiger charge is -2.28. The number of sulfone groups is 1. The number of rotatable bonds is 7. The van der Waals surface area contributed by atoms with Gasteiger partial charge in [0, 0.05) is 26.0 Å². The molecule has 1 rings (SSSR count). The molecule has 0 aromatic heterocycles. The summed E-state index contributed by atoms with van der Waals surface area (Å²) < 4.78 is 28.0. The van der Waals surface area contributed by atoms with Crippen LogP contribution in [-0.2, 0) is 14.6 Å². The predicted molar refractivity (Wildman–Crippen MR) is 70.0 cm³/mol. The highest BCUT2D eigenvalue weighted by molar-refractivity contribution is 7.91. The van der Waals surface area contributed by atoms with Gasteiger partial charge in [-0.1, -0.05) is 6.42 Å². The molecule has 1 fully saturated rings. The van der Waals surface area contributed by atoms with Crippen molar-refractivity contribution in [3.05, 3.63) is 0 Å². The molecule has 0 aliphatic heterocycles. The Balaban J connectivity index is 2.21. The van der Waals surface area contributed by atoms with E-state index in [1.54, 1.807) is 7.11 Å². The second-order valence-electron chi connectivity index (χ2n) is 4.97. The highest BCUT2D eigenvalue weighted by Gasteiger charge is 2.28. The molecule has 0 spiro atoms. The molecule has 1 aliphatic rings. The molecule has 2 unspecified atom stereocenters. The third-order valence-electron chi connectivity index (χ3n) is 3.44. The summed E-state index contributed by atoms with van der Waals surface area (Å²) in [7, 11) is -1.14. The maximum Gasteiger partial charge on any atom is 0.150 e. The zero-order valence-electron chi connectivity index (χ0n) is 10.9. The van der Waals surface area contributed by atoms with Crippen molar-refractivity contribution < 1.29 is 13.2 Å². The van der Waals surface area contributed by atoms with Gasteiger partial charge in [0.05, 0.1) is 5.25 Å². The van der Waals surface area contributed by atoms with Crippen molar-refractivity contribution in [1.29, 1.82) is 0 Å². The fraction of sp³-hybridized carbons (Fsp3) is 1.00.